The Morgan fingerprint density at radius 3 is 2.33 bits per heavy atom. The first-order chi connectivity index (χ1) is 8.78. The maximum absolute atomic E-state index is 3.52. The number of rotatable bonds is 3. The van der Waals surface area contributed by atoms with Crippen LogP contribution in [0.2, 0.25) is 0 Å². The van der Waals surface area contributed by atoms with E-state index >= 15 is 0 Å². The monoisotopic (exact) mass is 244 g/mol. The van der Waals surface area contributed by atoms with Crippen LogP contribution in [0.3, 0.4) is 0 Å². The summed E-state index contributed by atoms with van der Waals surface area (Å²) in [5, 5.41) is 3.52. The van der Waals surface area contributed by atoms with Crippen LogP contribution in [0.25, 0.3) is 0 Å². The fourth-order valence-electron chi connectivity index (χ4n) is 3.64. The Morgan fingerprint density at radius 1 is 1.17 bits per heavy atom. The number of hydrogen-bond donors (Lipinski definition) is 1. The van der Waals surface area contributed by atoms with Gasteiger partial charge in [0.25, 0.3) is 0 Å². The van der Waals surface area contributed by atoms with Crippen LogP contribution in [-0.4, -0.2) is 31.1 Å². The smallest absolute Gasteiger partial charge is 0.0345 e. The highest BCUT2D eigenvalue weighted by Crippen LogP contribution is 2.34. The Morgan fingerprint density at radius 2 is 1.78 bits per heavy atom. The summed E-state index contributed by atoms with van der Waals surface area (Å²) in [6.45, 7) is 9.50. The minimum Gasteiger partial charge on any atom is -0.316 e. The molecule has 0 amide bonds. The molecule has 2 heterocycles. The lowest BCUT2D eigenvalue weighted by Crippen LogP contribution is -2.29. The van der Waals surface area contributed by atoms with Gasteiger partial charge >= 0.3 is 0 Å². The summed E-state index contributed by atoms with van der Waals surface area (Å²) >= 11 is 0. The van der Waals surface area contributed by atoms with E-state index in [2.05, 4.69) is 48.3 Å². The summed E-state index contributed by atoms with van der Waals surface area (Å²) in [4.78, 5) is 2.71. The number of likely N-dealkylation sites (tertiary alicyclic amines) is 1. The molecule has 3 atom stereocenters. The van der Waals surface area contributed by atoms with E-state index in [1.165, 1.54) is 43.7 Å². The van der Waals surface area contributed by atoms with Crippen LogP contribution in [0.5, 0.6) is 0 Å². The molecule has 2 aliphatic rings. The lowest BCUT2D eigenvalue weighted by atomic mass is 10.0. The highest BCUT2D eigenvalue weighted by atomic mass is 15.2. The molecule has 2 nitrogen and oxygen atoms in total. The minimum atomic E-state index is 0.621. The van der Waals surface area contributed by atoms with Crippen molar-refractivity contribution in [1.82, 2.24) is 10.2 Å². The van der Waals surface area contributed by atoms with Crippen molar-refractivity contribution in [3.05, 3.63) is 35.4 Å². The Labute approximate surface area is 110 Å². The van der Waals surface area contributed by atoms with Crippen molar-refractivity contribution in [2.75, 3.05) is 26.2 Å². The van der Waals surface area contributed by atoms with E-state index in [1.807, 2.05) is 0 Å². The van der Waals surface area contributed by atoms with E-state index in [0.29, 0.717) is 6.04 Å². The Hall–Kier alpha value is -0.860. The fraction of sp³-hybridized carbons (Fsp3) is 0.625. The SMILES string of the molecule is CCC(c1ccc(C)cc1)N1C[C@H]2CNC[C@H]2C1. The van der Waals surface area contributed by atoms with E-state index in [1.54, 1.807) is 0 Å². The molecule has 2 heteroatoms. The predicted octanol–water partition coefficient (Wildman–Crippen LogP) is 2.60. The topological polar surface area (TPSA) is 15.3 Å². The number of benzene rings is 1. The maximum atomic E-state index is 3.52. The molecule has 18 heavy (non-hydrogen) atoms. The second kappa shape index (κ2) is 5.02. The van der Waals surface area contributed by atoms with Crippen LogP contribution in [0.1, 0.15) is 30.5 Å². The maximum Gasteiger partial charge on any atom is 0.0345 e. The van der Waals surface area contributed by atoms with Gasteiger partial charge in [0, 0.05) is 19.1 Å². The van der Waals surface area contributed by atoms with Crippen molar-refractivity contribution in [1.29, 1.82) is 0 Å². The fourth-order valence-corrected chi connectivity index (χ4v) is 3.64. The van der Waals surface area contributed by atoms with Gasteiger partial charge in [0.2, 0.25) is 0 Å². The average Bonchev–Trinajstić information content (AvgIpc) is 2.93. The first-order valence-corrected chi connectivity index (χ1v) is 7.29. The van der Waals surface area contributed by atoms with Crippen molar-refractivity contribution >= 4 is 0 Å². The molecule has 2 aliphatic heterocycles. The third kappa shape index (κ3) is 2.19. The summed E-state index contributed by atoms with van der Waals surface area (Å²) in [5.74, 6) is 1.79. The molecule has 2 saturated heterocycles. The lowest BCUT2D eigenvalue weighted by Gasteiger charge is -2.28. The first-order valence-electron chi connectivity index (χ1n) is 7.29. The summed E-state index contributed by atoms with van der Waals surface area (Å²) < 4.78 is 0. The molecule has 0 saturated carbocycles. The second-order valence-electron chi connectivity index (χ2n) is 5.97. The Bertz CT molecular complexity index is 386. The normalized spacial score (nSPS) is 29.4. The third-order valence-corrected chi connectivity index (χ3v) is 4.71. The molecule has 98 valence electrons. The van der Waals surface area contributed by atoms with Gasteiger partial charge in [-0.2, -0.15) is 0 Å². The van der Waals surface area contributed by atoms with E-state index in [4.69, 9.17) is 0 Å². The molecular formula is C16H24N2. The van der Waals surface area contributed by atoms with Crippen molar-refractivity contribution in [3.8, 4) is 0 Å². The van der Waals surface area contributed by atoms with Gasteiger partial charge < -0.3 is 5.32 Å². The van der Waals surface area contributed by atoms with E-state index in [-0.39, 0.29) is 0 Å². The van der Waals surface area contributed by atoms with Crippen LogP contribution in [-0.2, 0) is 0 Å². The zero-order chi connectivity index (χ0) is 12.5. The number of fused-ring (bicyclic) bond motifs is 1. The highest BCUT2D eigenvalue weighted by molar-refractivity contribution is 5.24. The molecule has 1 aromatic carbocycles. The molecule has 1 unspecified atom stereocenters. The zero-order valence-electron chi connectivity index (χ0n) is 11.5. The summed E-state index contributed by atoms with van der Waals surface area (Å²) in [5.41, 5.74) is 2.85. The third-order valence-electron chi connectivity index (χ3n) is 4.71. The molecule has 0 aliphatic carbocycles. The molecule has 2 fully saturated rings. The first kappa shape index (κ1) is 12.2. The van der Waals surface area contributed by atoms with Crippen molar-refractivity contribution in [2.45, 2.75) is 26.3 Å². The number of nitrogens with one attached hydrogen (secondary N) is 1. The minimum absolute atomic E-state index is 0.621. The quantitative estimate of drug-likeness (QED) is 0.879. The Balaban J connectivity index is 1.75. The van der Waals surface area contributed by atoms with Crippen LogP contribution >= 0.6 is 0 Å². The average molecular weight is 244 g/mol. The number of aryl methyl sites for hydroxylation is 1. The molecule has 0 spiro atoms. The highest BCUT2D eigenvalue weighted by Gasteiger charge is 2.38. The molecule has 1 aromatic rings. The van der Waals surface area contributed by atoms with Crippen LogP contribution in [0, 0.1) is 18.8 Å². The van der Waals surface area contributed by atoms with Gasteiger partial charge in [-0.1, -0.05) is 36.8 Å². The standard InChI is InChI=1S/C16H24N2/c1-3-16(13-6-4-12(2)5-7-13)18-10-14-8-17-9-15(14)11-18/h4-7,14-17H,3,8-11H2,1-2H3/t14-,15+,16?. The molecule has 3 rings (SSSR count). The molecule has 1 N–H and O–H groups in total. The molecular weight excluding hydrogens is 220 g/mol. The van der Waals surface area contributed by atoms with Gasteiger partial charge in [0.05, 0.1) is 0 Å². The van der Waals surface area contributed by atoms with Crippen LogP contribution < -0.4 is 5.32 Å². The molecule has 0 bridgehead atoms. The van der Waals surface area contributed by atoms with Crippen molar-refractivity contribution in [3.63, 3.8) is 0 Å². The lowest BCUT2D eigenvalue weighted by molar-refractivity contribution is 0.222. The van der Waals surface area contributed by atoms with Crippen molar-refractivity contribution in [2.24, 2.45) is 11.8 Å². The number of hydrogen-bond acceptors (Lipinski definition) is 2. The second-order valence-corrected chi connectivity index (χ2v) is 5.97. The van der Waals surface area contributed by atoms with Gasteiger partial charge in [-0.05, 0) is 43.8 Å². The summed E-state index contributed by atoms with van der Waals surface area (Å²) in [6, 6.07) is 9.75. The molecule has 0 aromatic heterocycles. The zero-order valence-corrected chi connectivity index (χ0v) is 11.5. The predicted molar refractivity (Wildman–Crippen MR) is 75.6 cm³/mol. The van der Waals surface area contributed by atoms with Crippen LogP contribution in [0.15, 0.2) is 24.3 Å². The largest absolute Gasteiger partial charge is 0.316 e. The van der Waals surface area contributed by atoms with Crippen molar-refractivity contribution < 1.29 is 0 Å². The summed E-state index contributed by atoms with van der Waals surface area (Å²) in [7, 11) is 0. The Kier molecular flexibility index (Phi) is 3.40. The van der Waals surface area contributed by atoms with Gasteiger partial charge in [-0.15, -0.1) is 0 Å². The van der Waals surface area contributed by atoms with E-state index in [9.17, 15) is 0 Å². The van der Waals surface area contributed by atoms with Gasteiger partial charge in [0.15, 0.2) is 0 Å². The van der Waals surface area contributed by atoms with Gasteiger partial charge in [0.1, 0.15) is 0 Å². The summed E-state index contributed by atoms with van der Waals surface area (Å²) in [6.07, 6.45) is 1.22. The van der Waals surface area contributed by atoms with E-state index < -0.39 is 0 Å². The van der Waals surface area contributed by atoms with Crippen LogP contribution in [0.4, 0.5) is 0 Å². The molecule has 0 radical (unpaired) electrons. The van der Waals surface area contributed by atoms with Gasteiger partial charge in [-0.3, -0.25) is 4.90 Å². The number of nitrogens with zero attached hydrogens (tertiary/aromatic N) is 1. The van der Waals surface area contributed by atoms with Gasteiger partial charge in [-0.25, -0.2) is 0 Å². The van der Waals surface area contributed by atoms with E-state index in [0.717, 1.165) is 11.8 Å².